The Morgan fingerprint density at radius 1 is 1.14 bits per heavy atom. The summed E-state index contributed by atoms with van der Waals surface area (Å²) in [6.45, 7) is 1.73. The molecule has 154 valence electrons. The third-order valence-electron chi connectivity index (χ3n) is 3.67. The number of rotatable bonds is 6. The Labute approximate surface area is 162 Å². The molecule has 0 fully saturated rings. The van der Waals surface area contributed by atoms with Gasteiger partial charge in [-0.15, -0.1) is 0 Å². The van der Waals surface area contributed by atoms with E-state index in [1.165, 1.54) is 0 Å². The summed E-state index contributed by atoms with van der Waals surface area (Å²) in [4.78, 5) is 34.5. The van der Waals surface area contributed by atoms with Crippen molar-refractivity contribution in [1.29, 1.82) is 0 Å². The lowest BCUT2D eigenvalue weighted by atomic mass is 10.1. The Morgan fingerprint density at radius 3 is 2.34 bits per heavy atom. The summed E-state index contributed by atoms with van der Waals surface area (Å²) >= 11 is 0. The fourth-order valence-electron chi connectivity index (χ4n) is 2.36. The van der Waals surface area contributed by atoms with Crippen LogP contribution in [0.3, 0.4) is 0 Å². The maximum Gasteiger partial charge on any atom is 0.416 e. The van der Waals surface area contributed by atoms with Crippen molar-refractivity contribution in [3.05, 3.63) is 63.2 Å². The van der Waals surface area contributed by atoms with Crippen LogP contribution in [0.25, 0.3) is 0 Å². The molecule has 1 amide bonds. The lowest BCUT2D eigenvalue weighted by molar-refractivity contribution is -0.384. The minimum atomic E-state index is -4.66. The minimum absolute atomic E-state index is 0.0209. The van der Waals surface area contributed by atoms with Crippen LogP contribution in [0.5, 0.6) is 5.75 Å². The van der Waals surface area contributed by atoms with Crippen LogP contribution >= 0.6 is 0 Å². The molecule has 0 saturated carbocycles. The van der Waals surface area contributed by atoms with Gasteiger partial charge in [0.15, 0.2) is 0 Å². The number of hydrogen-bond donors (Lipinski definition) is 1. The highest BCUT2D eigenvalue weighted by Gasteiger charge is 2.31. The van der Waals surface area contributed by atoms with Crippen LogP contribution in [0, 0.1) is 10.1 Å². The van der Waals surface area contributed by atoms with Gasteiger partial charge in [-0.25, -0.2) is 4.79 Å². The quantitative estimate of drug-likeness (QED) is 0.436. The third-order valence-corrected chi connectivity index (χ3v) is 3.67. The molecule has 0 aliphatic carbocycles. The molecule has 29 heavy (non-hydrogen) atoms. The van der Waals surface area contributed by atoms with E-state index in [0.717, 1.165) is 37.4 Å². The third kappa shape index (κ3) is 5.21. The molecular formula is C18H15F3N2O6. The molecule has 0 atom stereocenters. The van der Waals surface area contributed by atoms with Gasteiger partial charge in [0.25, 0.3) is 11.6 Å². The number of ether oxygens (including phenoxy) is 2. The van der Waals surface area contributed by atoms with Gasteiger partial charge in [0.2, 0.25) is 0 Å². The summed E-state index contributed by atoms with van der Waals surface area (Å²) in [5.74, 6) is -1.91. The number of nitrogens with zero attached hydrogens (tertiary/aromatic N) is 1. The monoisotopic (exact) mass is 412 g/mol. The largest absolute Gasteiger partial charge is 0.492 e. The van der Waals surface area contributed by atoms with Crippen LogP contribution in [0.4, 0.5) is 24.5 Å². The number of benzene rings is 2. The molecule has 0 bridgehead atoms. The highest BCUT2D eigenvalue weighted by molar-refractivity contribution is 6.07. The highest BCUT2D eigenvalue weighted by Crippen LogP contribution is 2.35. The van der Waals surface area contributed by atoms with Crippen LogP contribution < -0.4 is 10.1 Å². The number of amides is 1. The first kappa shape index (κ1) is 21.7. The van der Waals surface area contributed by atoms with E-state index >= 15 is 0 Å². The van der Waals surface area contributed by atoms with E-state index in [0.29, 0.717) is 6.07 Å². The van der Waals surface area contributed by atoms with Crippen molar-refractivity contribution in [2.75, 3.05) is 19.0 Å². The van der Waals surface area contributed by atoms with Gasteiger partial charge in [-0.3, -0.25) is 14.9 Å². The number of nitro benzene ring substituents is 1. The SMILES string of the molecule is CCOc1ccc(C(F)(F)F)cc1NC(=O)c1cc(C(=O)OC)cc([N+](=O)[O-])c1. The van der Waals surface area contributed by atoms with Crippen molar-refractivity contribution in [2.24, 2.45) is 0 Å². The van der Waals surface area contributed by atoms with Crippen LogP contribution in [-0.2, 0) is 10.9 Å². The maximum absolute atomic E-state index is 13.0. The summed E-state index contributed by atoms with van der Waals surface area (Å²) in [7, 11) is 1.05. The van der Waals surface area contributed by atoms with Gasteiger partial charge in [0.1, 0.15) is 5.75 Å². The van der Waals surface area contributed by atoms with Crippen LogP contribution in [0.1, 0.15) is 33.2 Å². The van der Waals surface area contributed by atoms with Crippen molar-refractivity contribution >= 4 is 23.3 Å². The predicted molar refractivity (Wildman–Crippen MR) is 95.0 cm³/mol. The Kier molecular flexibility index (Phi) is 6.42. The fraction of sp³-hybridized carbons (Fsp3) is 0.222. The van der Waals surface area contributed by atoms with Crippen LogP contribution in [0.15, 0.2) is 36.4 Å². The number of halogens is 3. The zero-order valence-corrected chi connectivity index (χ0v) is 15.2. The number of carbonyl (C=O) groups excluding carboxylic acids is 2. The lowest BCUT2D eigenvalue weighted by Gasteiger charge is -2.15. The molecule has 8 nitrogen and oxygen atoms in total. The second kappa shape index (κ2) is 8.59. The second-order valence-corrected chi connectivity index (χ2v) is 5.61. The van der Waals surface area contributed by atoms with Gasteiger partial charge >= 0.3 is 12.1 Å². The van der Waals surface area contributed by atoms with E-state index in [2.05, 4.69) is 10.1 Å². The number of non-ortho nitro benzene ring substituents is 1. The Balaban J connectivity index is 2.47. The summed E-state index contributed by atoms with van der Waals surface area (Å²) in [5, 5.41) is 13.3. The molecule has 0 aliphatic rings. The number of methoxy groups -OCH3 is 1. The zero-order valence-electron chi connectivity index (χ0n) is 15.2. The van der Waals surface area contributed by atoms with Crippen LogP contribution in [-0.4, -0.2) is 30.5 Å². The molecule has 0 unspecified atom stereocenters. The predicted octanol–water partition coefficient (Wildman–Crippen LogP) is 4.05. The van der Waals surface area contributed by atoms with E-state index in [9.17, 15) is 32.9 Å². The lowest BCUT2D eigenvalue weighted by Crippen LogP contribution is -2.16. The number of hydrogen-bond acceptors (Lipinski definition) is 6. The molecular weight excluding hydrogens is 397 g/mol. The fourth-order valence-corrected chi connectivity index (χ4v) is 2.36. The van der Waals surface area contributed by atoms with Crippen molar-refractivity contribution < 1.29 is 37.2 Å². The smallest absolute Gasteiger partial charge is 0.416 e. The van der Waals surface area contributed by atoms with Gasteiger partial charge in [-0.2, -0.15) is 13.2 Å². The molecule has 2 aromatic rings. The topological polar surface area (TPSA) is 108 Å². The van der Waals surface area contributed by atoms with Crippen molar-refractivity contribution in [3.8, 4) is 5.75 Å². The highest BCUT2D eigenvalue weighted by atomic mass is 19.4. The van der Waals surface area contributed by atoms with E-state index < -0.39 is 34.2 Å². The molecule has 0 radical (unpaired) electrons. The summed E-state index contributed by atoms with van der Waals surface area (Å²) in [6, 6.07) is 5.36. The number of nitro groups is 1. The molecule has 0 aliphatic heterocycles. The van der Waals surface area contributed by atoms with E-state index in [-0.39, 0.29) is 29.2 Å². The molecule has 2 rings (SSSR count). The van der Waals surface area contributed by atoms with Gasteiger partial charge in [0.05, 0.1) is 35.5 Å². The second-order valence-electron chi connectivity index (χ2n) is 5.61. The van der Waals surface area contributed by atoms with Gasteiger partial charge in [-0.1, -0.05) is 0 Å². The number of esters is 1. The summed E-state index contributed by atoms with van der Waals surface area (Å²) < 4.78 is 48.7. The van der Waals surface area contributed by atoms with E-state index in [1.54, 1.807) is 6.92 Å². The number of carbonyl (C=O) groups is 2. The standard InChI is InChI=1S/C18H15F3N2O6/c1-3-29-15-5-4-12(18(19,20)21)9-14(15)22-16(24)10-6-11(17(25)28-2)8-13(7-10)23(26)27/h4-9H,3H2,1-2H3,(H,22,24). The Bertz CT molecular complexity index is 959. The van der Waals surface area contributed by atoms with Crippen molar-refractivity contribution in [2.45, 2.75) is 13.1 Å². The first-order chi connectivity index (χ1) is 13.6. The van der Waals surface area contributed by atoms with E-state index in [1.807, 2.05) is 0 Å². The van der Waals surface area contributed by atoms with Crippen LogP contribution in [0.2, 0.25) is 0 Å². The Hall–Kier alpha value is -3.63. The Morgan fingerprint density at radius 2 is 1.79 bits per heavy atom. The minimum Gasteiger partial charge on any atom is -0.492 e. The van der Waals surface area contributed by atoms with Gasteiger partial charge in [0, 0.05) is 17.7 Å². The molecule has 0 aromatic heterocycles. The molecule has 1 N–H and O–H groups in total. The molecule has 0 saturated heterocycles. The van der Waals surface area contributed by atoms with Gasteiger partial charge < -0.3 is 14.8 Å². The zero-order chi connectivity index (χ0) is 21.8. The normalized spacial score (nSPS) is 10.9. The number of nitrogens with one attached hydrogen (secondary N) is 1. The average molecular weight is 412 g/mol. The number of alkyl halides is 3. The van der Waals surface area contributed by atoms with E-state index in [4.69, 9.17) is 4.74 Å². The number of anilines is 1. The van der Waals surface area contributed by atoms with Crippen molar-refractivity contribution in [3.63, 3.8) is 0 Å². The average Bonchev–Trinajstić information content (AvgIpc) is 2.67. The molecule has 11 heteroatoms. The summed E-state index contributed by atoms with van der Waals surface area (Å²) in [5.41, 5.74) is -2.45. The first-order valence-electron chi connectivity index (χ1n) is 8.10. The van der Waals surface area contributed by atoms with Crippen molar-refractivity contribution in [1.82, 2.24) is 0 Å². The molecule has 2 aromatic carbocycles. The molecule has 0 heterocycles. The first-order valence-corrected chi connectivity index (χ1v) is 8.10. The molecule has 0 spiro atoms. The summed E-state index contributed by atoms with van der Waals surface area (Å²) in [6.07, 6.45) is -4.66. The van der Waals surface area contributed by atoms with Gasteiger partial charge in [-0.05, 0) is 31.2 Å². The maximum atomic E-state index is 13.0.